The summed E-state index contributed by atoms with van der Waals surface area (Å²) in [6, 6.07) is 5.69. The van der Waals surface area contributed by atoms with Crippen LogP contribution in [-0.4, -0.2) is 24.7 Å². The molecule has 2 N–H and O–H groups in total. The molecule has 0 unspecified atom stereocenters. The molecular weight excluding hydrogens is 300 g/mol. The van der Waals surface area contributed by atoms with Gasteiger partial charge in [0, 0.05) is 21.8 Å². The lowest BCUT2D eigenvalue weighted by Crippen LogP contribution is -2.30. The first kappa shape index (κ1) is 20.4. The van der Waals surface area contributed by atoms with E-state index in [0.29, 0.717) is 12.4 Å². The summed E-state index contributed by atoms with van der Waals surface area (Å²) in [5, 5.41) is 5.00. The topological polar surface area (TPSA) is 76.0 Å². The van der Waals surface area contributed by atoms with Crippen molar-refractivity contribution in [1.82, 2.24) is 14.5 Å². The van der Waals surface area contributed by atoms with E-state index in [1.165, 1.54) is 0 Å². The van der Waals surface area contributed by atoms with E-state index in [2.05, 4.69) is 14.5 Å². The molecule has 130 valence electrons. The number of para-hydroxylation sites is 1. The van der Waals surface area contributed by atoms with E-state index in [4.69, 9.17) is 0 Å². The van der Waals surface area contributed by atoms with Gasteiger partial charge in [-0.3, -0.25) is 9.40 Å². The van der Waals surface area contributed by atoms with Gasteiger partial charge in [-0.05, 0) is 18.6 Å². The zero-order valence-corrected chi connectivity index (χ0v) is 15.4. The van der Waals surface area contributed by atoms with Crippen LogP contribution in [0.25, 0.3) is 10.9 Å². The van der Waals surface area contributed by atoms with Crippen LogP contribution in [0.3, 0.4) is 0 Å². The predicted molar refractivity (Wildman–Crippen MR) is 98.6 cm³/mol. The number of hydrogen-bond acceptors (Lipinski definition) is 3. The van der Waals surface area contributed by atoms with Crippen molar-refractivity contribution in [2.75, 3.05) is 11.3 Å². The van der Waals surface area contributed by atoms with E-state index in [0.717, 1.165) is 16.5 Å². The highest BCUT2D eigenvalue weighted by molar-refractivity contribution is 7.90. The van der Waals surface area contributed by atoms with E-state index in [-0.39, 0.29) is 2.85 Å². The number of aryl methyl sites for hydroxylation is 2. The van der Waals surface area contributed by atoms with Gasteiger partial charge in [0.25, 0.3) is 10.2 Å². The summed E-state index contributed by atoms with van der Waals surface area (Å²) in [5.74, 6) is 0.345. The van der Waals surface area contributed by atoms with Crippen LogP contribution < -0.4 is 9.44 Å². The SMILES string of the molecule is CC.CC.CCNS(=O)(=O)Nc1nn(C)c2c(C)cccc12.[HH].[HH]. The molecule has 0 atom stereocenters. The lowest BCUT2D eigenvalue weighted by atomic mass is 10.1. The van der Waals surface area contributed by atoms with Gasteiger partial charge in [-0.2, -0.15) is 18.2 Å². The Hall–Kier alpha value is -1.60. The third kappa shape index (κ3) is 4.99. The first-order valence-electron chi connectivity index (χ1n) is 7.64. The van der Waals surface area contributed by atoms with Crippen LogP contribution in [0, 0.1) is 6.92 Å². The van der Waals surface area contributed by atoms with Gasteiger partial charge in [-0.1, -0.05) is 46.8 Å². The van der Waals surface area contributed by atoms with Crippen molar-refractivity contribution in [3.63, 3.8) is 0 Å². The second kappa shape index (κ2) is 9.42. The fraction of sp³-hybridized carbons (Fsp3) is 0.533. The molecule has 1 aromatic carbocycles. The standard InChI is InChI=1S/C11H16N4O2S.2C2H6.2H2/c1-4-12-18(16,17)14-11-9-7-5-6-8(2)10(9)15(3)13-11;2*1-2;;/h5-7,12H,4H2,1-3H3,(H,13,14);2*1-2H3;2*1H. The number of anilines is 1. The first-order chi connectivity index (χ1) is 10.4. The zero-order valence-electron chi connectivity index (χ0n) is 14.6. The minimum absolute atomic E-state index is 0. The minimum atomic E-state index is -3.55. The summed E-state index contributed by atoms with van der Waals surface area (Å²) >= 11 is 0. The number of benzene rings is 1. The Morgan fingerprint density at radius 2 is 1.82 bits per heavy atom. The molecule has 0 aliphatic carbocycles. The number of nitrogens with one attached hydrogen (secondary N) is 2. The summed E-state index contributed by atoms with van der Waals surface area (Å²) in [6.45, 7) is 12.0. The van der Waals surface area contributed by atoms with Gasteiger partial charge >= 0.3 is 0 Å². The molecule has 0 spiro atoms. The molecular formula is C15H32N4O2S. The van der Waals surface area contributed by atoms with Crippen LogP contribution in [0.2, 0.25) is 0 Å². The van der Waals surface area contributed by atoms with Gasteiger partial charge in [-0.25, -0.2) is 0 Å². The Labute approximate surface area is 137 Å². The predicted octanol–water partition coefficient (Wildman–Crippen LogP) is 3.69. The molecule has 0 saturated carbocycles. The van der Waals surface area contributed by atoms with Crippen molar-refractivity contribution >= 4 is 26.9 Å². The Kier molecular flexibility index (Phi) is 8.74. The lowest BCUT2D eigenvalue weighted by Gasteiger charge is -2.05. The summed E-state index contributed by atoms with van der Waals surface area (Å²) in [4.78, 5) is 0. The van der Waals surface area contributed by atoms with Crippen molar-refractivity contribution in [1.29, 1.82) is 0 Å². The summed E-state index contributed by atoms with van der Waals surface area (Å²) < 4.78 is 29.8. The Morgan fingerprint density at radius 3 is 2.36 bits per heavy atom. The van der Waals surface area contributed by atoms with Crippen molar-refractivity contribution in [3.05, 3.63) is 23.8 Å². The van der Waals surface area contributed by atoms with Gasteiger partial charge in [-0.15, -0.1) is 0 Å². The van der Waals surface area contributed by atoms with Crippen molar-refractivity contribution in [2.24, 2.45) is 7.05 Å². The van der Waals surface area contributed by atoms with Crippen molar-refractivity contribution in [2.45, 2.75) is 41.5 Å². The van der Waals surface area contributed by atoms with Gasteiger partial charge < -0.3 is 0 Å². The van der Waals surface area contributed by atoms with Gasteiger partial charge in [0.2, 0.25) is 0 Å². The monoisotopic (exact) mass is 332 g/mol. The highest BCUT2D eigenvalue weighted by Crippen LogP contribution is 2.25. The van der Waals surface area contributed by atoms with E-state index in [1.807, 2.05) is 52.8 Å². The Bertz CT molecular complexity index is 688. The number of fused-ring (bicyclic) bond motifs is 1. The highest BCUT2D eigenvalue weighted by Gasteiger charge is 2.15. The normalized spacial score (nSPS) is 10.3. The highest BCUT2D eigenvalue weighted by atomic mass is 32.2. The largest absolute Gasteiger partial charge is 0.300 e. The number of aromatic nitrogens is 2. The molecule has 22 heavy (non-hydrogen) atoms. The smallest absolute Gasteiger partial charge is 0.266 e. The molecule has 7 heteroatoms. The molecule has 0 amide bonds. The third-order valence-electron chi connectivity index (χ3n) is 2.63. The number of rotatable bonds is 4. The summed E-state index contributed by atoms with van der Waals surface area (Å²) in [7, 11) is -1.76. The molecule has 6 nitrogen and oxygen atoms in total. The van der Waals surface area contributed by atoms with E-state index < -0.39 is 10.2 Å². The molecule has 2 rings (SSSR count). The Balaban J connectivity index is -0.000000684. The van der Waals surface area contributed by atoms with Crippen molar-refractivity contribution in [3.8, 4) is 0 Å². The first-order valence-corrected chi connectivity index (χ1v) is 9.12. The molecule has 0 bridgehead atoms. The second-order valence-electron chi connectivity index (χ2n) is 4.05. The maximum absolute atomic E-state index is 11.7. The molecule has 1 aromatic heterocycles. The average Bonchev–Trinajstić information content (AvgIpc) is 2.80. The van der Waals surface area contributed by atoms with Gasteiger partial charge in [0.1, 0.15) is 0 Å². The summed E-state index contributed by atoms with van der Waals surface area (Å²) in [6.07, 6.45) is 0. The average molecular weight is 333 g/mol. The van der Waals surface area contributed by atoms with Crippen LogP contribution in [0.1, 0.15) is 43.0 Å². The molecule has 1 heterocycles. The minimum Gasteiger partial charge on any atom is -0.266 e. The van der Waals surface area contributed by atoms with Crippen LogP contribution >= 0.6 is 0 Å². The number of hydrogen-bond donors (Lipinski definition) is 2. The van der Waals surface area contributed by atoms with Gasteiger partial charge in [0.05, 0.1) is 5.52 Å². The zero-order chi connectivity index (χ0) is 17.3. The fourth-order valence-electron chi connectivity index (χ4n) is 1.96. The van der Waals surface area contributed by atoms with Crippen LogP contribution in [0.15, 0.2) is 18.2 Å². The van der Waals surface area contributed by atoms with E-state index in [1.54, 1.807) is 18.7 Å². The van der Waals surface area contributed by atoms with E-state index >= 15 is 0 Å². The molecule has 0 fully saturated rings. The van der Waals surface area contributed by atoms with E-state index in [9.17, 15) is 8.42 Å². The Morgan fingerprint density at radius 1 is 1.23 bits per heavy atom. The number of nitrogens with zero attached hydrogens (tertiary/aromatic N) is 2. The lowest BCUT2D eigenvalue weighted by molar-refractivity contribution is 0.589. The van der Waals surface area contributed by atoms with Crippen LogP contribution in [-0.2, 0) is 17.3 Å². The van der Waals surface area contributed by atoms with Crippen LogP contribution in [0.4, 0.5) is 5.82 Å². The molecule has 0 radical (unpaired) electrons. The van der Waals surface area contributed by atoms with Crippen LogP contribution in [0.5, 0.6) is 0 Å². The van der Waals surface area contributed by atoms with Crippen molar-refractivity contribution < 1.29 is 11.3 Å². The molecule has 0 aliphatic heterocycles. The maximum Gasteiger partial charge on any atom is 0.300 e. The third-order valence-corrected chi connectivity index (χ3v) is 3.76. The molecule has 0 aliphatic rings. The fourth-order valence-corrected chi connectivity index (χ4v) is 2.82. The summed E-state index contributed by atoms with van der Waals surface area (Å²) in [5.41, 5.74) is 1.98. The maximum atomic E-state index is 11.7. The van der Waals surface area contributed by atoms with Gasteiger partial charge in [0.15, 0.2) is 5.82 Å². The molecule has 0 saturated heterocycles. The second-order valence-corrected chi connectivity index (χ2v) is 5.55. The molecule has 2 aromatic rings. The quantitative estimate of drug-likeness (QED) is 0.896.